The van der Waals surface area contributed by atoms with E-state index in [2.05, 4.69) is 5.32 Å². The summed E-state index contributed by atoms with van der Waals surface area (Å²) in [6.45, 7) is 6.63. The number of imide groups is 1. The van der Waals surface area contributed by atoms with Crippen LogP contribution >= 0.6 is 0 Å². The van der Waals surface area contributed by atoms with Crippen molar-refractivity contribution in [2.75, 3.05) is 31.2 Å². The molecule has 1 aromatic carbocycles. The lowest BCUT2D eigenvalue weighted by Crippen LogP contribution is -2.41. The molecule has 142 valence electrons. The minimum Gasteiger partial charge on any atom is -0.381 e. The largest absolute Gasteiger partial charge is 0.381 e. The van der Waals surface area contributed by atoms with Gasteiger partial charge in [-0.25, -0.2) is 9.18 Å². The minimum absolute atomic E-state index is 0.00646. The highest BCUT2D eigenvalue weighted by atomic mass is 19.1. The second-order valence-corrected chi connectivity index (χ2v) is 6.79. The van der Waals surface area contributed by atoms with E-state index in [0.29, 0.717) is 37.6 Å². The van der Waals surface area contributed by atoms with Gasteiger partial charge < -0.3 is 15.0 Å². The number of nitrogens with one attached hydrogen (secondary N) is 1. The highest BCUT2D eigenvalue weighted by Gasteiger charge is 2.42. The van der Waals surface area contributed by atoms with Crippen molar-refractivity contribution in [3.05, 3.63) is 29.6 Å². The molecule has 0 radical (unpaired) electrons. The third kappa shape index (κ3) is 3.67. The van der Waals surface area contributed by atoms with E-state index in [1.54, 1.807) is 12.1 Å². The normalized spacial score (nSPS) is 23.3. The monoisotopic (exact) mass is 363 g/mol. The van der Waals surface area contributed by atoms with E-state index in [9.17, 15) is 14.0 Å². The summed E-state index contributed by atoms with van der Waals surface area (Å²) in [6.07, 6.45) is 1.75. The third-order valence-corrected chi connectivity index (χ3v) is 5.18. The van der Waals surface area contributed by atoms with Crippen LogP contribution in [0.3, 0.4) is 0 Å². The van der Waals surface area contributed by atoms with Crippen LogP contribution < -0.4 is 10.2 Å². The molecule has 2 aliphatic heterocycles. The molecule has 0 unspecified atom stereocenters. The molecule has 0 spiro atoms. The molecule has 2 atom stereocenters. The van der Waals surface area contributed by atoms with Gasteiger partial charge in [0.05, 0.1) is 18.8 Å². The molecule has 3 amide bonds. The molecule has 7 heteroatoms. The maximum atomic E-state index is 14.4. The van der Waals surface area contributed by atoms with Gasteiger partial charge in [0.1, 0.15) is 11.9 Å². The molecule has 0 bridgehead atoms. The van der Waals surface area contributed by atoms with E-state index in [4.69, 9.17) is 4.74 Å². The number of urea groups is 1. The fourth-order valence-corrected chi connectivity index (χ4v) is 3.69. The summed E-state index contributed by atoms with van der Waals surface area (Å²) in [7, 11) is 0. The smallest absolute Gasteiger partial charge is 0.325 e. The predicted octanol–water partition coefficient (Wildman–Crippen LogP) is 2.52. The standard InChI is InChI=1S/C19H26FN3O3/c1-3-22(4-2)16-8-7-13(10-15(16)20)11-23-18(24)17(21-19(23)25)14-6-5-9-26-12-14/h7-8,10,14,17H,3-6,9,11-12H2,1-2H3,(H,21,25)/t14-,17+/m0/s1. The SMILES string of the molecule is CCN(CC)c1ccc(CN2C(=O)N[C@H]([C@H]3CCCOC3)C2=O)cc1F. The molecule has 6 nitrogen and oxygen atoms in total. The molecule has 2 aliphatic rings. The van der Waals surface area contributed by atoms with E-state index >= 15 is 0 Å². The zero-order chi connectivity index (χ0) is 18.7. The Balaban J connectivity index is 1.71. The van der Waals surface area contributed by atoms with Crippen molar-refractivity contribution in [3.63, 3.8) is 0 Å². The van der Waals surface area contributed by atoms with Gasteiger partial charge in [-0.2, -0.15) is 0 Å². The number of carbonyl (C=O) groups excluding carboxylic acids is 2. The molecular formula is C19H26FN3O3. The number of nitrogens with zero attached hydrogens (tertiary/aromatic N) is 2. The zero-order valence-corrected chi connectivity index (χ0v) is 15.3. The Bertz CT molecular complexity index is 672. The van der Waals surface area contributed by atoms with E-state index < -0.39 is 12.1 Å². The second kappa shape index (κ2) is 8.03. The van der Waals surface area contributed by atoms with Crippen molar-refractivity contribution in [3.8, 4) is 0 Å². The summed E-state index contributed by atoms with van der Waals surface area (Å²) < 4.78 is 19.9. The van der Waals surface area contributed by atoms with Gasteiger partial charge in [-0.05, 0) is 44.4 Å². The molecule has 2 fully saturated rings. The molecular weight excluding hydrogens is 337 g/mol. The lowest BCUT2D eigenvalue weighted by molar-refractivity contribution is -0.130. The Morgan fingerprint density at radius 1 is 1.31 bits per heavy atom. The topological polar surface area (TPSA) is 61.9 Å². The van der Waals surface area contributed by atoms with Gasteiger partial charge in [0, 0.05) is 25.6 Å². The van der Waals surface area contributed by atoms with Crippen molar-refractivity contribution < 1.29 is 18.7 Å². The van der Waals surface area contributed by atoms with Crippen molar-refractivity contribution in [1.82, 2.24) is 10.2 Å². The molecule has 1 N–H and O–H groups in total. The Kier molecular flexibility index (Phi) is 5.76. The fraction of sp³-hybridized carbons (Fsp3) is 0.579. The third-order valence-electron chi connectivity index (χ3n) is 5.18. The molecule has 0 aliphatic carbocycles. The molecule has 1 aromatic rings. The van der Waals surface area contributed by atoms with Crippen LogP contribution in [0.5, 0.6) is 0 Å². The van der Waals surface area contributed by atoms with Crippen LogP contribution in [0, 0.1) is 11.7 Å². The summed E-state index contributed by atoms with van der Waals surface area (Å²) >= 11 is 0. The van der Waals surface area contributed by atoms with Crippen LogP contribution in [-0.4, -0.2) is 49.2 Å². The van der Waals surface area contributed by atoms with Crippen molar-refractivity contribution in [2.24, 2.45) is 5.92 Å². The van der Waals surface area contributed by atoms with E-state index in [-0.39, 0.29) is 24.2 Å². The Morgan fingerprint density at radius 3 is 2.69 bits per heavy atom. The van der Waals surface area contributed by atoms with Gasteiger partial charge in [-0.3, -0.25) is 9.69 Å². The van der Waals surface area contributed by atoms with Gasteiger partial charge in [-0.1, -0.05) is 6.07 Å². The maximum Gasteiger partial charge on any atom is 0.325 e. The molecule has 2 saturated heterocycles. The van der Waals surface area contributed by atoms with Gasteiger partial charge in [0.2, 0.25) is 0 Å². The maximum absolute atomic E-state index is 14.4. The number of rotatable bonds is 6. The van der Waals surface area contributed by atoms with Crippen LogP contribution in [0.2, 0.25) is 0 Å². The number of ether oxygens (including phenoxy) is 1. The number of anilines is 1. The summed E-state index contributed by atoms with van der Waals surface area (Å²) in [6, 6.07) is 3.93. The highest BCUT2D eigenvalue weighted by molar-refractivity contribution is 6.04. The average molecular weight is 363 g/mol. The van der Waals surface area contributed by atoms with Crippen LogP contribution in [0.4, 0.5) is 14.9 Å². The van der Waals surface area contributed by atoms with Crippen LogP contribution in [-0.2, 0) is 16.1 Å². The van der Waals surface area contributed by atoms with Crippen molar-refractivity contribution >= 4 is 17.6 Å². The van der Waals surface area contributed by atoms with E-state index in [1.165, 1.54) is 11.0 Å². The lowest BCUT2D eigenvalue weighted by Gasteiger charge is -2.25. The zero-order valence-electron chi connectivity index (χ0n) is 15.3. The first-order valence-corrected chi connectivity index (χ1v) is 9.28. The van der Waals surface area contributed by atoms with E-state index in [1.807, 2.05) is 18.7 Å². The summed E-state index contributed by atoms with van der Waals surface area (Å²) in [5.41, 5.74) is 1.13. The fourth-order valence-electron chi connectivity index (χ4n) is 3.69. The van der Waals surface area contributed by atoms with Crippen LogP contribution in [0.25, 0.3) is 0 Å². The number of benzene rings is 1. The van der Waals surface area contributed by atoms with E-state index in [0.717, 1.165) is 12.8 Å². The predicted molar refractivity (Wildman–Crippen MR) is 96.4 cm³/mol. The summed E-state index contributed by atoms with van der Waals surface area (Å²) in [5, 5.41) is 2.76. The van der Waals surface area contributed by atoms with Crippen LogP contribution in [0.15, 0.2) is 18.2 Å². The Labute approximate surface area is 153 Å². The second-order valence-electron chi connectivity index (χ2n) is 6.79. The number of hydrogen-bond donors (Lipinski definition) is 1. The summed E-state index contributed by atoms with van der Waals surface area (Å²) in [5.74, 6) is -0.582. The summed E-state index contributed by atoms with van der Waals surface area (Å²) in [4.78, 5) is 28.0. The molecule has 0 aromatic heterocycles. The van der Waals surface area contributed by atoms with Gasteiger partial charge >= 0.3 is 6.03 Å². The van der Waals surface area contributed by atoms with Crippen molar-refractivity contribution in [2.45, 2.75) is 39.3 Å². The average Bonchev–Trinajstić information content (AvgIpc) is 2.93. The van der Waals surface area contributed by atoms with Crippen molar-refractivity contribution in [1.29, 1.82) is 0 Å². The Morgan fingerprint density at radius 2 is 2.08 bits per heavy atom. The number of carbonyl (C=O) groups is 2. The molecule has 0 saturated carbocycles. The lowest BCUT2D eigenvalue weighted by atomic mass is 9.94. The van der Waals surface area contributed by atoms with Gasteiger partial charge in [0.25, 0.3) is 5.91 Å². The molecule has 2 heterocycles. The molecule has 26 heavy (non-hydrogen) atoms. The van der Waals surface area contributed by atoms with Gasteiger partial charge in [-0.15, -0.1) is 0 Å². The quantitative estimate of drug-likeness (QED) is 0.789. The number of hydrogen-bond acceptors (Lipinski definition) is 4. The minimum atomic E-state index is -0.539. The first-order chi connectivity index (χ1) is 12.5. The van der Waals surface area contributed by atoms with Crippen LogP contribution in [0.1, 0.15) is 32.3 Å². The number of halogens is 1. The number of amides is 3. The Hall–Kier alpha value is -2.15. The first kappa shape index (κ1) is 18.6. The first-order valence-electron chi connectivity index (χ1n) is 9.28. The molecule has 3 rings (SSSR count). The van der Waals surface area contributed by atoms with Gasteiger partial charge in [0.15, 0.2) is 0 Å². The highest BCUT2D eigenvalue weighted by Crippen LogP contribution is 2.25.